The SMILES string of the molecule is CCCCCCCCCCN(CC(N)=O)C(=O)CN(CCCCCCCC)C(=O)CN(CCCCCCCC)C(=O)CN(CCCCCCCCCC)C1OC1CN(CCCCCCCC)C(=O)CN(CCCCCCCC)C(=O)CNC(CO)CO. The van der Waals surface area contributed by atoms with Gasteiger partial charge < -0.3 is 50.5 Å². The van der Waals surface area contributed by atoms with Crippen molar-refractivity contribution in [3.63, 3.8) is 0 Å². The summed E-state index contributed by atoms with van der Waals surface area (Å²) < 4.78 is 6.54. The average Bonchev–Trinajstić information content (AvgIpc) is 3.09. The standard InChI is InChI=1S/C70H136N8O9/c1-7-13-19-25-31-33-39-42-48-74(55-64(71)81)67(84)57-76(50-44-37-29-23-17-11-5)68(85)58-77(51-45-38-30-24-18-12-6)69(86)59-78(52-46-40-34-32-26-20-14-8-2)70-63(87-70)54-73(47-41-35-27-21-15-9-3)66(83)56-75(49-43-36-28-22-16-10-4)65(82)53-72-62(60-79)61-80/h62-63,70,72,79-80H,7-61H2,1-6H3,(H2,71,81). The van der Waals surface area contributed by atoms with Crippen molar-refractivity contribution >= 4 is 35.4 Å². The summed E-state index contributed by atoms with van der Waals surface area (Å²) in [4.78, 5) is 95.4. The van der Waals surface area contributed by atoms with Crippen LogP contribution in [0.4, 0.5) is 0 Å². The number of nitrogens with two attached hydrogens (primary N) is 1. The summed E-state index contributed by atoms with van der Waals surface area (Å²) >= 11 is 0. The molecule has 17 heteroatoms. The van der Waals surface area contributed by atoms with E-state index >= 15 is 4.79 Å². The van der Waals surface area contributed by atoms with Crippen molar-refractivity contribution in [2.45, 2.75) is 317 Å². The molecule has 510 valence electrons. The van der Waals surface area contributed by atoms with E-state index in [-0.39, 0.29) is 88.1 Å². The molecule has 17 nitrogen and oxygen atoms in total. The minimum Gasteiger partial charge on any atom is -0.395 e. The number of nitrogens with zero attached hydrogens (tertiary/aromatic N) is 6. The summed E-state index contributed by atoms with van der Waals surface area (Å²) in [5.74, 6) is -1.72. The predicted octanol–water partition coefficient (Wildman–Crippen LogP) is 12.3. The van der Waals surface area contributed by atoms with E-state index < -0.39 is 18.2 Å². The molecule has 1 heterocycles. The molecule has 0 aromatic heterocycles. The second kappa shape index (κ2) is 56.6. The molecule has 0 aromatic rings. The molecule has 5 N–H and O–H groups in total. The van der Waals surface area contributed by atoms with E-state index in [1.54, 1.807) is 14.7 Å². The van der Waals surface area contributed by atoms with Gasteiger partial charge in [-0.25, -0.2) is 0 Å². The van der Waals surface area contributed by atoms with E-state index in [9.17, 15) is 34.2 Å². The molecule has 0 spiro atoms. The van der Waals surface area contributed by atoms with Gasteiger partial charge in [-0.05, 0) is 38.5 Å². The number of amides is 6. The van der Waals surface area contributed by atoms with Crippen molar-refractivity contribution in [2.24, 2.45) is 5.73 Å². The Bertz CT molecular complexity index is 1710. The van der Waals surface area contributed by atoms with Gasteiger partial charge in [-0.1, -0.05) is 260 Å². The van der Waals surface area contributed by atoms with Crippen molar-refractivity contribution in [3.8, 4) is 0 Å². The number of hydrogen-bond donors (Lipinski definition) is 4. The Kier molecular flexibility index (Phi) is 53.1. The Morgan fingerprint density at radius 3 is 0.943 bits per heavy atom. The van der Waals surface area contributed by atoms with Crippen LogP contribution < -0.4 is 11.1 Å². The zero-order valence-corrected chi connectivity index (χ0v) is 57.1. The van der Waals surface area contributed by atoms with E-state index in [0.29, 0.717) is 45.8 Å². The van der Waals surface area contributed by atoms with Gasteiger partial charge in [0.2, 0.25) is 35.4 Å². The third kappa shape index (κ3) is 43.1. The predicted molar refractivity (Wildman–Crippen MR) is 357 cm³/mol. The molecule has 1 fully saturated rings. The number of carbonyl (C=O) groups is 6. The number of aliphatic hydroxyl groups is 2. The first-order valence-electron chi connectivity index (χ1n) is 36.4. The molecule has 1 saturated heterocycles. The van der Waals surface area contributed by atoms with Crippen LogP contribution in [0.1, 0.15) is 298 Å². The Morgan fingerprint density at radius 1 is 0.356 bits per heavy atom. The molecule has 0 aromatic carbocycles. The van der Waals surface area contributed by atoms with E-state index in [4.69, 9.17) is 10.5 Å². The van der Waals surface area contributed by atoms with Gasteiger partial charge in [0, 0.05) is 39.3 Å². The lowest BCUT2D eigenvalue weighted by Crippen LogP contribution is -2.51. The first-order valence-corrected chi connectivity index (χ1v) is 36.4. The molecule has 0 radical (unpaired) electrons. The number of primary amides is 1. The Labute approximate surface area is 532 Å². The third-order valence-corrected chi connectivity index (χ3v) is 17.4. The van der Waals surface area contributed by atoms with Crippen LogP contribution in [0.25, 0.3) is 0 Å². The highest BCUT2D eigenvalue weighted by atomic mass is 16.6. The summed E-state index contributed by atoms with van der Waals surface area (Å²) in [6.07, 6.45) is 41.8. The van der Waals surface area contributed by atoms with E-state index in [1.807, 2.05) is 4.90 Å². The average molecular weight is 1230 g/mol. The number of hydrogen-bond acceptors (Lipinski definition) is 11. The zero-order valence-electron chi connectivity index (χ0n) is 57.1. The molecular formula is C70H136N8O9. The fraction of sp³-hybridized carbons (Fsp3) is 0.914. The Morgan fingerprint density at radius 2 is 0.621 bits per heavy atom. The first kappa shape index (κ1) is 81.6. The van der Waals surface area contributed by atoms with Crippen LogP contribution in [0.2, 0.25) is 0 Å². The first-order chi connectivity index (χ1) is 42.3. The van der Waals surface area contributed by atoms with Gasteiger partial charge in [0.15, 0.2) is 0 Å². The summed E-state index contributed by atoms with van der Waals surface area (Å²) in [5, 5.41) is 22.4. The summed E-state index contributed by atoms with van der Waals surface area (Å²) in [5.41, 5.74) is 5.72. The van der Waals surface area contributed by atoms with Crippen LogP contribution in [0, 0.1) is 0 Å². The molecule has 1 rings (SSSR count). The molecular weight excluding hydrogens is 1100 g/mol. The number of rotatable bonds is 64. The Hall–Kier alpha value is -3.38. The smallest absolute Gasteiger partial charge is 0.242 e. The minimum atomic E-state index is -0.640. The van der Waals surface area contributed by atoms with E-state index in [2.05, 4.69) is 51.8 Å². The maximum Gasteiger partial charge on any atom is 0.242 e. The molecule has 1 aliphatic heterocycles. The maximum absolute atomic E-state index is 15.1. The van der Waals surface area contributed by atoms with E-state index in [1.165, 1.54) is 69.1 Å². The molecule has 0 bridgehead atoms. The van der Waals surface area contributed by atoms with Crippen molar-refractivity contribution in [3.05, 3.63) is 0 Å². The van der Waals surface area contributed by atoms with Gasteiger partial charge in [-0.3, -0.25) is 33.7 Å². The number of carbonyl (C=O) groups excluding carboxylic acids is 6. The van der Waals surface area contributed by atoms with E-state index in [0.717, 1.165) is 193 Å². The fourth-order valence-electron chi connectivity index (χ4n) is 11.6. The highest BCUT2D eigenvalue weighted by Gasteiger charge is 2.46. The quantitative estimate of drug-likeness (QED) is 0.0332. The lowest BCUT2D eigenvalue weighted by molar-refractivity contribution is -0.145. The summed E-state index contributed by atoms with van der Waals surface area (Å²) in [6, 6.07) is -0.640. The number of epoxide rings is 1. The van der Waals surface area contributed by atoms with Crippen LogP contribution in [0.5, 0.6) is 0 Å². The molecule has 2 unspecified atom stereocenters. The highest BCUT2D eigenvalue weighted by molar-refractivity contribution is 5.90. The third-order valence-electron chi connectivity index (χ3n) is 17.4. The van der Waals surface area contributed by atoms with Crippen LogP contribution in [-0.4, -0.2) is 192 Å². The van der Waals surface area contributed by atoms with Crippen LogP contribution >= 0.6 is 0 Å². The Balaban J connectivity index is 3.61. The molecule has 0 aliphatic carbocycles. The molecule has 1 aliphatic rings. The molecule has 87 heavy (non-hydrogen) atoms. The molecule has 2 atom stereocenters. The van der Waals surface area contributed by atoms with Crippen LogP contribution in [0.3, 0.4) is 0 Å². The van der Waals surface area contributed by atoms with Gasteiger partial charge in [0.25, 0.3) is 0 Å². The minimum absolute atomic E-state index is 0.0454. The van der Waals surface area contributed by atoms with Gasteiger partial charge in [0.05, 0.1) is 65.1 Å². The maximum atomic E-state index is 15.1. The topological polar surface area (TPSA) is 213 Å². The van der Waals surface area contributed by atoms with Crippen molar-refractivity contribution < 1.29 is 43.7 Å². The second-order valence-electron chi connectivity index (χ2n) is 25.6. The van der Waals surface area contributed by atoms with Crippen LogP contribution in [-0.2, 0) is 33.5 Å². The zero-order chi connectivity index (χ0) is 64.0. The van der Waals surface area contributed by atoms with Gasteiger partial charge in [0.1, 0.15) is 12.3 Å². The molecule has 0 saturated carbocycles. The number of unbranched alkanes of at least 4 members (excludes halogenated alkanes) is 34. The summed E-state index contributed by atoms with van der Waals surface area (Å²) in [6.45, 7) is 15.0. The second-order valence-corrected chi connectivity index (χ2v) is 25.6. The van der Waals surface area contributed by atoms with Crippen molar-refractivity contribution in [1.82, 2.24) is 34.7 Å². The summed E-state index contributed by atoms with van der Waals surface area (Å²) in [7, 11) is 0. The highest BCUT2D eigenvalue weighted by Crippen LogP contribution is 2.29. The largest absolute Gasteiger partial charge is 0.395 e. The lowest BCUT2D eigenvalue weighted by atomic mass is 10.1. The van der Waals surface area contributed by atoms with Gasteiger partial charge in [-0.15, -0.1) is 0 Å². The monoisotopic (exact) mass is 1230 g/mol. The fourth-order valence-corrected chi connectivity index (χ4v) is 11.6. The lowest BCUT2D eigenvalue weighted by Gasteiger charge is -2.31. The van der Waals surface area contributed by atoms with Gasteiger partial charge in [-0.2, -0.15) is 0 Å². The molecule has 6 amide bonds. The van der Waals surface area contributed by atoms with Crippen molar-refractivity contribution in [1.29, 1.82) is 0 Å². The number of aliphatic hydroxyl groups excluding tert-OH is 2. The van der Waals surface area contributed by atoms with Crippen LogP contribution in [0.15, 0.2) is 0 Å². The van der Waals surface area contributed by atoms with Crippen molar-refractivity contribution in [2.75, 3.05) is 98.3 Å². The van der Waals surface area contributed by atoms with Gasteiger partial charge >= 0.3 is 0 Å². The number of nitrogens with one attached hydrogen (secondary N) is 1. The number of ether oxygens (including phenoxy) is 1. The normalized spacial score (nSPS) is 13.8.